The first-order valence-electron chi connectivity index (χ1n) is 12.6. The summed E-state index contributed by atoms with van der Waals surface area (Å²) >= 11 is 0. The van der Waals surface area contributed by atoms with Gasteiger partial charge in [0.05, 0.1) is 0 Å². The summed E-state index contributed by atoms with van der Waals surface area (Å²) in [5.41, 5.74) is 1.02. The van der Waals surface area contributed by atoms with Crippen LogP contribution >= 0.6 is 0 Å². The molecule has 8 aliphatic rings. The van der Waals surface area contributed by atoms with Crippen molar-refractivity contribution in [2.24, 2.45) is 46.3 Å². The van der Waals surface area contributed by atoms with E-state index in [-0.39, 0.29) is 16.6 Å². The van der Waals surface area contributed by atoms with Crippen LogP contribution in [-0.2, 0) is 0 Å². The second-order valence-corrected chi connectivity index (χ2v) is 12.5. The largest absolute Gasteiger partial charge is 0.294 e. The van der Waals surface area contributed by atoms with E-state index in [0.29, 0.717) is 11.5 Å². The number of rotatable bonds is 4. The van der Waals surface area contributed by atoms with Crippen LogP contribution in [0.4, 0.5) is 0 Å². The number of pyridine rings is 1. The van der Waals surface area contributed by atoms with E-state index >= 15 is 0 Å². The van der Waals surface area contributed by atoms with Gasteiger partial charge in [-0.1, -0.05) is 0 Å². The standard InChI is InChI=1S/C27H33NO2/c29-24(26-10-16-3-17(11-26)5-18(4-16)12-26)22-1-2-28-23(9-22)25(30)27-13-19-6-20(14-27)8-21(7-19)15-27/h1-2,9,16-21H,3-8,10-15H2. The number of carbonyl (C=O) groups excluding carboxylic acids is 2. The molecule has 8 bridgehead atoms. The monoisotopic (exact) mass is 403 g/mol. The van der Waals surface area contributed by atoms with Crippen molar-refractivity contribution < 1.29 is 9.59 Å². The number of ketones is 2. The molecule has 8 fully saturated rings. The maximum Gasteiger partial charge on any atom is 0.187 e. The molecule has 0 unspecified atom stereocenters. The van der Waals surface area contributed by atoms with Crippen LogP contribution in [0.25, 0.3) is 0 Å². The highest BCUT2D eigenvalue weighted by molar-refractivity contribution is 6.04. The average Bonchev–Trinajstić information content (AvgIpc) is 2.71. The van der Waals surface area contributed by atoms with Gasteiger partial charge in [0.25, 0.3) is 0 Å². The van der Waals surface area contributed by atoms with Gasteiger partial charge in [-0.15, -0.1) is 0 Å². The van der Waals surface area contributed by atoms with Gasteiger partial charge in [-0.05, 0) is 125 Å². The number of nitrogens with zero attached hydrogens (tertiary/aromatic N) is 1. The molecule has 0 saturated heterocycles. The summed E-state index contributed by atoms with van der Waals surface area (Å²) in [5.74, 6) is 5.09. The third-order valence-corrected chi connectivity index (χ3v) is 10.3. The zero-order valence-electron chi connectivity index (χ0n) is 17.9. The number of aromatic nitrogens is 1. The van der Waals surface area contributed by atoms with E-state index < -0.39 is 0 Å². The summed E-state index contributed by atoms with van der Waals surface area (Å²) in [5, 5.41) is 0. The van der Waals surface area contributed by atoms with Crippen molar-refractivity contribution in [1.82, 2.24) is 4.98 Å². The molecule has 0 spiro atoms. The van der Waals surface area contributed by atoms with E-state index in [9.17, 15) is 9.59 Å². The highest BCUT2D eigenvalue weighted by Gasteiger charge is 2.56. The minimum atomic E-state index is -0.176. The van der Waals surface area contributed by atoms with E-state index in [4.69, 9.17) is 0 Å². The third kappa shape index (κ3) is 2.53. The van der Waals surface area contributed by atoms with Gasteiger partial charge < -0.3 is 0 Å². The molecule has 0 aliphatic heterocycles. The molecule has 1 aromatic heterocycles. The Morgan fingerprint density at radius 1 is 0.667 bits per heavy atom. The number of carbonyl (C=O) groups is 2. The lowest BCUT2D eigenvalue weighted by molar-refractivity contribution is -0.0359. The minimum Gasteiger partial charge on any atom is -0.294 e. The van der Waals surface area contributed by atoms with Crippen LogP contribution in [0.5, 0.6) is 0 Å². The van der Waals surface area contributed by atoms with Crippen LogP contribution in [-0.4, -0.2) is 16.6 Å². The molecule has 8 aliphatic carbocycles. The lowest BCUT2D eigenvalue weighted by Crippen LogP contribution is -2.50. The first kappa shape index (κ1) is 18.1. The van der Waals surface area contributed by atoms with E-state index in [1.807, 2.05) is 12.1 Å². The molecule has 3 heteroatoms. The third-order valence-electron chi connectivity index (χ3n) is 10.3. The van der Waals surface area contributed by atoms with Gasteiger partial charge in [0.1, 0.15) is 5.69 Å². The summed E-state index contributed by atoms with van der Waals surface area (Å²) in [6, 6.07) is 3.78. The van der Waals surface area contributed by atoms with Gasteiger partial charge in [-0.25, -0.2) is 0 Å². The van der Waals surface area contributed by atoms with E-state index in [0.717, 1.165) is 79.6 Å². The zero-order valence-corrected chi connectivity index (χ0v) is 17.9. The summed E-state index contributed by atoms with van der Waals surface area (Å²) < 4.78 is 0. The summed E-state index contributed by atoms with van der Waals surface area (Å²) in [6.07, 6.45) is 16.2. The Hall–Kier alpha value is -1.51. The first-order valence-corrected chi connectivity index (χ1v) is 12.6. The predicted octanol–water partition coefficient (Wildman–Crippen LogP) is 5.88. The molecular weight excluding hydrogens is 370 g/mol. The quantitative estimate of drug-likeness (QED) is 0.590. The van der Waals surface area contributed by atoms with Crippen LogP contribution in [0, 0.1) is 46.3 Å². The molecular formula is C27H33NO2. The first-order chi connectivity index (χ1) is 14.5. The fourth-order valence-corrected chi connectivity index (χ4v) is 10.1. The molecule has 8 saturated carbocycles. The molecule has 1 heterocycles. The van der Waals surface area contributed by atoms with Gasteiger partial charge in [-0.3, -0.25) is 14.6 Å². The van der Waals surface area contributed by atoms with Crippen LogP contribution in [0.3, 0.4) is 0 Å². The number of Topliss-reactive ketones (excluding diaryl/α,β-unsaturated/α-hetero) is 2. The van der Waals surface area contributed by atoms with Crippen LogP contribution in [0.15, 0.2) is 18.3 Å². The molecule has 30 heavy (non-hydrogen) atoms. The zero-order chi connectivity index (χ0) is 20.1. The molecule has 0 radical (unpaired) electrons. The molecule has 9 rings (SSSR count). The van der Waals surface area contributed by atoms with Gasteiger partial charge in [0, 0.05) is 22.6 Å². The van der Waals surface area contributed by atoms with Crippen LogP contribution in [0.1, 0.15) is 97.9 Å². The van der Waals surface area contributed by atoms with Crippen molar-refractivity contribution in [3.05, 3.63) is 29.6 Å². The topological polar surface area (TPSA) is 47.0 Å². The highest BCUT2D eigenvalue weighted by atomic mass is 16.1. The van der Waals surface area contributed by atoms with Crippen molar-refractivity contribution in [3.8, 4) is 0 Å². The predicted molar refractivity (Wildman–Crippen MR) is 114 cm³/mol. The fraction of sp³-hybridized carbons (Fsp3) is 0.741. The molecule has 0 atom stereocenters. The van der Waals surface area contributed by atoms with E-state index in [1.54, 1.807) is 6.20 Å². The smallest absolute Gasteiger partial charge is 0.187 e. The Bertz CT molecular complexity index is 789. The Balaban J connectivity index is 1.19. The fourth-order valence-electron chi connectivity index (χ4n) is 10.1. The SMILES string of the molecule is O=C(c1ccnc(C(=O)C23CC4CC(CC(C4)C2)C3)c1)C12CC3CC(CC(C3)C1)C2. The second kappa shape index (κ2) is 6.04. The minimum absolute atomic E-state index is 0.142. The van der Waals surface area contributed by atoms with E-state index in [2.05, 4.69) is 4.98 Å². The van der Waals surface area contributed by atoms with E-state index in [1.165, 1.54) is 38.5 Å². The van der Waals surface area contributed by atoms with Crippen LogP contribution < -0.4 is 0 Å². The van der Waals surface area contributed by atoms with Gasteiger partial charge >= 0.3 is 0 Å². The molecule has 158 valence electrons. The molecule has 3 nitrogen and oxygen atoms in total. The van der Waals surface area contributed by atoms with Crippen molar-refractivity contribution >= 4 is 11.6 Å². The maximum absolute atomic E-state index is 13.8. The average molecular weight is 404 g/mol. The molecule has 1 aromatic rings. The molecule has 0 N–H and O–H groups in total. The van der Waals surface area contributed by atoms with Crippen LogP contribution in [0.2, 0.25) is 0 Å². The lowest BCUT2D eigenvalue weighted by Gasteiger charge is -2.56. The normalized spacial score (nSPS) is 47.6. The Labute approximate surface area is 179 Å². The van der Waals surface area contributed by atoms with Crippen molar-refractivity contribution in [3.63, 3.8) is 0 Å². The summed E-state index contributed by atoms with van der Waals surface area (Å²) in [7, 11) is 0. The molecule has 0 amide bonds. The highest BCUT2D eigenvalue weighted by Crippen LogP contribution is 2.62. The Morgan fingerprint density at radius 2 is 1.07 bits per heavy atom. The Morgan fingerprint density at radius 3 is 1.50 bits per heavy atom. The second-order valence-electron chi connectivity index (χ2n) is 12.5. The van der Waals surface area contributed by atoms with Crippen molar-refractivity contribution in [2.75, 3.05) is 0 Å². The Kier molecular flexibility index (Phi) is 3.65. The maximum atomic E-state index is 13.8. The van der Waals surface area contributed by atoms with Crippen molar-refractivity contribution in [2.45, 2.75) is 77.0 Å². The summed E-state index contributed by atoms with van der Waals surface area (Å²) in [6.45, 7) is 0. The number of hydrogen-bond acceptors (Lipinski definition) is 3. The van der Waals surface area contributed by atoms with Gasteiger partial charge in [0.15, 0.2) is 11.6 Å². The van der Waals surface area contributed by atoms with Gasteiger partial charge in [-0.2, -0.15) is 0 Å². The van der Waals surface area contributed by atoms with Gasteiger partial charge in [0.2, 0.25) is 0 Å². The lowest BCUT2D eigenvalue weighted by atomic mass is 9.48. The molecule has 0 aromatic carbocycles. The number of hydrogen-bond donors (Lipinski definition) is 0. The van der Waals surface area contributed by atoms with Crippen molar-refractivity contribution in [1.29, 1.82) is 0 Å². The summed E-state index contributed by atoms with van der Waals surface area (Å²) in [4.78, 5) is 32.1.